The van der Waals surface area contributed by atoms with Crippen LogP contribution in [-0.2, 0) is 21.2 Å². The van der Waals surface area contributed by atoms with Gasteiger partial charge in [-0.3, -0.25) is 9.59 Å². The van der Waals surface area contributed by atoms with Gasteiger partial charge in [0, 0.05) is 5.56 Å². The third-order valence-corrected chi connectivity index (χ3v) is 5.51. The van der Waals surface area contributed by atoms with Crippen molar-refractivity contribution in [1.29, 1.82) is 0 Å². The van der Waals surface area contributed by atoms with E-state index in [1.807, 2.05) is 0 Å². The number of carboxylic acids is 1. The summed E-state index contributed by atoms with van der Waals surface area (Å²) in [5, 5.41) is 14.0. The summed E-state index contributed by atoms with van der Waals surface area (Å²) < 4.78 is 74.7. The molecule has 0 saturated carbocycles. The van der Waals surface area contributed by atoms with Crippen molar-refractivity contribution in [2.24, 2.45) is 5.14 Å². The molecular formula is C19H16ClF3N2O7S. The summed E-state index contributed by atoms with van der Waals surface area (Å²) in [6, 6.07) is 4.97. The molecule has 14 heteroatoms. The van der Waals surface area contributed by atoms with E-state index in [-0.39, 0.29) is 34.1 Å². The number of alkyl halides is 3. The second kappa shape index (κ2) is 9.17. The number of carboxylic acid groups (broad SMARTS) is 1. The maximum absolute atomic E-state index is 13.2. The quantitative estimate of drug-likeness (QED) is 0.521. The van der Waals surface area contributed by atoms with Crippen LogP contribution in [0.1, 0.15) is 34.0 Å². The molecule has 0 unspecified atom stereocenters. The lowest BCUT2D eigenvalue weighted by Gasteiger charge is -2.28. The molecule has 0 amide bonds. The highest BCUT2D eigenvalue weighted by Crippen LogP contribution is 2.43. The van der Waals surface area contributed by atoms with Crippen LogP contribution in [0.4, 0.5) is 13.2 Å². The predicted molar refractivity (Wildman–Crippen MR) is 108 cm³/mol. The zero-order valence-electron chi connectivity index (χ0n) is 16.4. The molecule has 0 spiro atoms. The normalized spacial score (nSPS) is 17.1. The minimum atomic E-state index is -4.76. The van der Waals surface area contributed by atoms with E-state index in [1.165, 1.54) is 12.1 Å². The Kier molecular flexibility index (Phi) is 6.88. The van der Waals surface area contributed by atoms with Gasteiger partial charge in [0.1, 0.15) is 24.2 Å². The van der Waals surface area contributed by atoms with Crippen LogP contribution in [-0.4, -0.2) is 37.9 Å². The lowest BCUT2D eigenvalue weighted by molar-refractivity contribution is -0.140. The molecule has 0 aromatic heterocycles. The van der Waals surface area contributed by atoms with Gasteiger partial charge in [-0.15, -0.1) is 0 Å². The first-order valence-corrected chi connectivity index (χ1v) is 11.0. The van der Waals surface area contributed by atoms with Gasteiger partial charge in [0.15, 0.2) is 11.8 Å². The second-order valence-corrected chi connectivity index (χ2v) is 8.70. The van der Waals surface area contributed by atoms with Crippen molar-refractivity contribution in [2.75, 3.05) is 6.61 Å². The van der Waals surface area contributed by atoms with Crippen molar-refractivity contribution >= 4 is 33.6 Å². The van der Waals surface area contributed by atoms with E-state index in [0.29, 0.717) is 6.07 Å². The molecule has 3 rings (SSSR count). The zero-order chi connectivity index (χ0) is 24.6. The van der Waals surface area contributed by atoms with Gasteiger partial charge in [0.2, 0.25) is 0 Å². The number of nitrogens with one attached hydrogen (secondary N) is 1. The van der Waals surface area contributed by atoms with E-state index in [4.69, 9.17) is 31.3 Å². The van der Waals surface area contributed by atoms with Crippen LogP contribution in [0.3, 0.4) is 0 Å². The van der Waals surface area contributed by atoms with Gasteiger partial charge in [-0.05, 0) is 24.3 Å². The zero-order valence-corrected chi connectivity index (χ0v) is 18.0. The number of carbonyl (C=O) groups excluding carboxylic acids is 1. The summed E-state index contributed by atoms with van der Waals surface area (Å²) in [5.41, 5.74) is -0.911. The lowest BCUT2D eigenvalue weighted by atomic mass is 9.95. The summed E-state index contributed by atoms with van der Waals surface area (Å²) in [4.78, 5) is 23.8. The van der Waals surface area contributed by atoms with E-state index in [9.17, 15) is 31.2 Å². The molecule has 2 aromatic rings. The smallest absolute Gasteiger partial charge is 0.416 e. The van der Waals surface area contributed by atoms with Crippen LogP contribution in [0, 0.1) is 0 Å². The van der Waals surface area contributed by atoms with Gasteiger partial charge < -0.3 is 14.6 Å². The number of ketones is 1. The highest BCUT2D eigenvalue weighted by atomic mass is 35.5. The molecule has 0 aliphatic carbocycles. The molecule has 178 valence electrons. The minimum absolute atomic E-state index is 0.00154. The Labute approximate surface area is 190 Å². The number of halogens is 4. The van der Waals surface area contributed by atoms with Crippen LogP contribution in [0.5, 0.6) is 11.5 Å². The average Bonchev–Trinajstić information content (AvgIpc) is 2.70. The Morgan fingerprint density at radius 1 is 1.33 bits per heavy atom. The Bertz CT molecular complexity index is 1200. The van der Waals surface area contributed by atoms with Crippen molar-refractivity contribution < 1.29 is 45.8 Å². The molecule has 9 nitrogen and oxygen atoms in total. The predicted octanol–water partition coefficient (Wildman–Crippen LogP) is 2.69. The molecule has 0 saturated heterocycles. The van der Waals surface area contributed by atoms with Gasteiger partial charge >= 0.3 is 12.1 Å². The number of hydrogen-bond acceptors (Lipinski definition) is 6. The molecule has 1 aliphatic heterocycles. The highest BCUT2D eigenvalue weighted by molar-refractivity contribution is 7.87. The lowest BCUT2D eigenvalue weighted by Crippen LogP contribution is -2.47. The van der Waals surface area contributed by atoms with Crippen LogP contribution < -0.4 is 19.3 Å². The number of aliphatic carboxylic acids is 1. The number of para-hydroxylation sites is 1. The average molecular weight is 509 g/mol. The maximum atomic E-state index is 13.2. The van der Waals surface area contributed by atoms with Crippen LogP contribution >= 0.6 is 11.6 Å². The third-order valence-electron chi connectivity index (χ3n) is 4.60. The van der Waals surface area contributed by atoms with Gasteiger partial charge in [-0.25, -0.2) is 5.14 Å². The van der Waals surface area contributed by atoms with Crippen molar-refractivity contribution in [3.05, 3.63) is 58.1 Å². The Morgan fingerprint density at radius 2 is 2.03 bits per heavy atom. The van der Waals surface area contributed by atoms with E-state index in [2.05, 4.69) is 0 Å². The Morgan fingerprint density at radius 3 is 2.64 bits per heavy atom. The standard InChI is InChI=1S/C19H16ClF3N2O7S/c20-12-3-1-2-10-14(26)7-16(32-17(10)12)11-5-4-9(19(21,22)23)6-15(11)31-8-13(18(27)28)25-33(24,29)30/h1-6,13,16,25H,7-8H2,(H,27,28)(H2,24,29,30)/t13-,16+/m1/s1. The molecule has 0 radical (unpaired) electrons. The summed E-state index contributed by atoms with van der Waals surface area (Å²) in [6.07, 6.45) is -6.12. The number of hydrogen-bond donors (Lipinski definition) is 3. The first-order valence-electron chi connectivity index (χ1n) is 9.11. The Hall–Kier alpha value is -2.87. The SMILES string of the molecule is NS(=O)(=O)N[C@H](COc1cc(C(F)(F)F)ccc1[C@@H]1CC(=O)c2cccc(Cl)c2O1)C(=O)O. The van der Waals surface area contributed by atoms with Crippen LogP contribution in [0.2, 0.25) is 5.02 Å². The maximum Gasteiger partial charge on any atom is 0.416 e. The number of nitrogens with two attached hydrogens (primary N) is 1. The fourth-order valence-corrected chi connectivity index (χ4v) is 3.90. The number of benzene rings is 2. The summed E-state index contributed by atoms with van der Waals surface area (Å²) in [7, 11) is -4.46. The number of Topliss-reactive ketones (excluding diaryl/α,β-unsaturated/α-hetero) is 1. The third kappa shape index (κ3) is 5.93. The fraction of sp³-hybridized carbons (Fsp3) is 0.263. The van der Waals surface area contributed by atoms with E-state index < -0.39 is 52.4 Å². The molecule has 2 atom stereocenters. The fourth-order valence-electron chi connectivity index (χ4n) is 3.11. The largest absolute Gasteiger partial charge is 0.491 e. The summed E-state index contributed by atoms with van der Waals surface area (Å²) in [6.45, 7) is -0.905. The number of ether oxygens (including phenoxy) is 2. The van der Waals surface area contributed by atoms with Crippen molar-refractivity contribution in [1.82, 2.24) is 4.72 Å². The van der Waals surface area contributed by atoms with Crippen molar-refractivity contribution in [2.45, 2.75) is 24.7 Å². The minimum Gasteiger partial charge on any atom is -0.491 e. The van der Waals surface area contributed by atoms with Gasteiger partial charge in [0.05, 0.1) is 22.6 Å². The Balaban J connectivity index is 1.98. The molecular weight excluding hydrogens is 493 g/mol. The number of rotatable bonds is 7. The molecule has 2 aromatic carbocycles. The second-order valence-electron chi connectivity index (χ2n) is 6.97. The first-order chi connectivity index (χ1) is 15.3. The topological polar surface area (TPSA) is 145 Å². The molecule has 1 aliphatic rings. The molecule has 0 bridgehead atoms. The van der Waals surface area contributed by atoms with Crippen molar-refractivity contribution in [3.8, 4) is 11.5 Å². The molecule has 0 fully saturated rings. The molecule has 1 heterocycles. The van der Waals surface area contributed by atoms with Gasteiger partial charge in [-0.2, -0.15) is 26.3 Å². The molecule has 33 heavy (non-hydrogen) atoms. The molecule has 4 N–H and O–H groups in total. The van der Waals surface area contributed by atoms with Gasteiger partial charge in [0.25, 0.3) is 10.2 Å². The van der Waals surface area contributed by atoms with Gasteiger partial charge in [-0.1, -0.05) is 23.7 Å². The summed E-state index contributed by atoms with van der Waals surface area (Å²) in [5.74, 6) is -2.47. The van der Waals surface area contributed by atoms with E-state index in [1.54, 1.807) is 10.8 Å². The number of fused-ring (bicyclic) bond motifs is 1. The van der Waals surface area contributed by atoms with E-state index >= 15 is 0 Å². The van der Waals surface area contributed by atoms with E-state index in [0.717, 1.165) is 12.1 Å². The highest BCUT2D eigenvalue weighted by Gasteiger charge is 2.35. The van der Waals surface area contributed by atoms with Crippen LogP contribution in [0.25, 0.3) is 0 Å². The summed E-state index contributed by atoms with van der Waals surface area (Å²) >= 11 is 6.08. The van der Waals surface area contributed by atoms with Crippen LogP contribution in [0.15, 0.2) is 36.4 Å². The number of carbonyl (C=O) groups is 2. The first kappa shape index (κ1) is 24.8. The monoisotopic (exact) mass is 508 g/mol. The van der Waals surface area contributed by atoms with Crippen molar-refractivity contribution in [3.63, 3.8) is 0 Å².